The third-order valence-corrected chi connectivity index (χ3v) is 7.09. The summed E-state index contributed by atoms with van der Waals surface area (Å²) in [5.74, 6) is -1.70. The van der Waals surface area contributed by atoms with Crippen LogP contribution in [0.4, 0.5) is 17.1 Å². The van der Waals surface area contributed by atoms with Crippen LogP contribution in [-0.4, -0.2) is 39.4 Å². The smallest absolute Gasteiger partial charge is 0.337 e. The van der Waals surface area contributed by atoms with Crippen LogP contribution in [0.15, 0.2) is 83.8 Å². The Kier molecular flexibility index (Phi) is 6.33. The predicted molar refractivity (Wildman–Crippen MR) is 126 cm³/mol. The average molecular weight is 480 g/mol. The van der Waals surface area contributed by atoms with Gasteiger partial charge in [0.2, 0.25) is 11.8 Å². The van der Waals surface area contributed by atoms with Crippen molar-refractivity contribution in [2.75, 3.05) is 22.0 Å². The Bertz CT molecular complexity index is 1340. The van der Waals surface area contributed by atoms with Crippen molar-refractivity contribution in [3.05, 3.63) is 84.4 Å². The summed E-state index contributed by atoms with van der Waals surface area (Å²) < 4.78 is 32.7. The second-order valence-corrected chi connectivity index (χ2v) is 9.27. The van der Waals surface area contributed by atoms with E-state index in [1.807, 2.05) is 0 Å². The van der Waals surface area contributed by atoms with Crippen LogP contribution >= 0.6 is 0 Å². The maximum atomic E-state index is 13.5. The van der Waals surface area contributed by atoms with Crippen LogP contribution in [0.3, 0.4) is 0 Å². The first-order chi connectivity index (χ1) is 16.3. The molecule has 9 nitrogen and oxygen atoms in total. The van der Waals surface area contributed by atoms with Crippen molar-refractivity contribution in [2.24, 2.45) is 0 Å². The average Bonchev–Trinajstić information content (AvgIpc) is 2.84. The molecule has 0 aliphatic carbocycles. The highest BCUT2D eigenvalue weighted by atomic mass is 32.2. The van der Waals surface area contributed by atoms with Gasteiger partial charge in [-0.3, -0.25) is 13.9 Å². The number of hydrogen-bond donors (Lipinski definition) is 2. The van der Waals surface area contributed by atoms with E-state index in [0.29, 0.717) is 16.9 Å². The number of esters is 1. The van der Waals surface area contributed by atoms with Crippen LogP contribution in [-0.2, 0) is 24.3 Å². The molecule has 3 aromatic rings. The molecule has 1 aliphatic rings. The minimum Gasteiger partial charge on any atom is -0.465 e. The van der Waals surface area contributed by atoms with Gasteiger partial charge in [-0.25, -0.2) is 13.2 Å². The van der Waals surface area contributed by atoms with E-state index in [2.05, 4.69) is 15.4 Å². The van der Waals surface area contributed by atoms with E-state index in [1.165, 1.54) is 43.5 Å². The second-order valence-electron chi connectivity index (χ2n) is 7.46. The zero-order chi connectivity index (χ0) is 24.3. The minimum absolute atomic E-state index is 0.00307. The van der Waals surface area contributed by atoms with Crippen LogP contribution in [0, 0.1) is 0 Å². The van der Waals surface area contributed by atoms with Gasteiger partial charge in [0.25, 0.3) is 10.0 Å². The zero-order valence-electron chi connectivity index (χ0n) is 18.1. The number of nitrogens with zero attached hydrogens (tertiary/aromatic N) is 1. The lowest BCUT2D eigenvalue weighted by Gasteiger charge is -2.36. The van der Waals surface area contributed by atoms with Gasteiger partial charge in [-0.05, 0) is 48.5 Å². The third-order valence-electron chi connectivity index (χ3n) is 5.25. The highest BCUT2D eigenvalue weighted by Gasteiger charge is 2.41. The van der Waals surface area contributed by atoms with E-state index in [0.717, 1.165) is 4.31 Å². The van der Waals surface area contributed by atoms with Gasteiger partial charge in [-0.1, -0.05) is 30.3 Å². The molecule has 0 saturated heterocycles. The fraction of sp³-hybridized carbons (Fsp3) is 0.125. The lowest BCUT2D eigenvalue weighted by molar-refractivity contribution is -0.122. The topological polar surface area (TPSA) is 122 Å². The lowest BCUT2D eigenvalue weighted by Crippen LogP contribution is -2.52. The molecule has 1 aliphatic heterocycles. The summed E-state index contributed by atoms with van der Waals surface area (Å²) in [5.41, 5.74) is 1.30. The molecule has 0 fully saturated rings. The van der Waals surface area contributed by atoms with E-state index >= 15 is 0 Å². The molecule has 2 N–H and O–H groups in total. The zero-order valence-corrected chi connectivity index (χ0v) is 18.9. The molecule has 0 saturated carbocycles. The number of ether oxygens (including phenoxy) is 1. The quantitative estimate of drug-likeness (QED) is 0.524. The molecule has 1 heterocycles. The Balaban J connectivity index is 1.63. The molecule has 174 valence electrons. The summed E-state index contributed by atoms with van der Waals surface area (Å²) in [6.45, 7) is 0. The standard InChI is InChI=1S/C24H21N3O6S/c1-33-24(30)16-11-13-17(14-12-16)25-22(28)15-21-23(29)26-19-9-5-6-10-20(19)27(21)34(31,32)18-7-3-2-4-8-18/h2-14,21H,15H2,1H3,(H,25,28)(H,26,29). The van der Waals surface area contributed by atoms with Crippen molar-refractivity contribution in [3.8, 4) is 0 Å². The van der Waals surface area contributed by atoms with Gasteiger partial charge < -0.3 is 15.4 Å². The Morgan fingerprint density at radius 3 is 2.29 bits per heavy atom. The molecule has 34 heavy (non-hydrogen) atoms. The SMILES string of the molecule is COC(=O)c1ccc(NC(=O)CC2C(=O)Nc3ccccc3N2S(=O)(=O)c2ccccc2)cc1. The highest BCUT2D eigenvalue weighted by Crippen LogP contribution is 2.37. The van der Waals surface area contributed by atoms with E-state index in [4.69, 9.17) is 0 Å². The molecular weight excluding hydrogens is 458 g/mol. The fourth-order valence-corrected chi connectivity index (χ4v) is 5.29. The number of sulfonamides is 1. The summed E-state index contributed by atoms with van der Waals surface area (Å²) in [6, 6.07) is 18.9. The monoisotopic (exact) mass is 479 g/mol. The summed E-state index contributed by atoms with van der Waals surface area (Å²) in [7, 11) is -2.89. The van der Waals surface area contributed by atoms with Gasteiger partial charge in [-0.2, -0.15) is 0 Å². The van der Waals surface area contributed by atoms with Gasteiger partial charge in [0.05, 0.1) is 35.4 Å². The van der Waals surface area contributed by atoms with Crippen LogP contribution < -0.4 is 14.9 Å². The number of carbonyl (C=O) groups excluding carboxylic acids is 3. The van der Waals surface area contributed by atoms with E-state index < -0.39 is 40.3 Å². The van der Waals surface area contributed by atoms with Crippen molar-refractivity contribution in [1.29, 1.82) is 0 Å². The number of para-hydroxylation sites is 2. The molecule has 10 heteroatoms. The fourth-order valence-electron chi connectivity index (χ4n) is 3.64. The Hall–Kier alpha value is -4.18. The molecular formula is C24H21N3O6S. The highest BCUT2D eigenvalue weighted by molar-refractivity contribution is 7.93. The van der Waals surface area contributed by atoms with E-state index in [1.54, 1.807) is 42.5 Å². The van der Waals surface area contributed by atoms with Gasteiger partial charge >= 0.3 is 5.97 Å². The minimum atomic E-state index is -4.15. The number of amides is 2. The molecule has 1 atom stereocenters. The number of methoxy groups -OCH3 is 1. The molecule has 1 unspecified atom stereocenters. The molecule has 0 spiro atoms. The van der Waals surface area contributed by atoms with Gasteiger partial charge in [0.1, 0.15) is 6.04 Å². The van der Waals surface area contributed by atoms with Crippen molar-refractivity contribution in [2.45, 2.75) is 17.4 Å². The number of carbonyl (C=O) groups is 3. The maximum absolute atomic E-state index is 13.5. The van der Waals surface area contributed by atoms with Crippen molar-refractivity contribution in [1.82, 2.24) is 0 Å². The first-order valence-electron chi connectivity index (χ1n) is 10.3. The number of fused-ring (bicyclic) bond motifs is 1. The molecule has 0 radical (unpaired) electrons. The van der Waals surface area contributed by atoms with Gasteiger partial charge in [0.15, 0.2) is 0 Å². The number of rotatable bonds is 6. The maximum Gasteiger partial charge on any atom is 0.337 e. The lowest BCUT2D eigenvalue weighted by atomic mass is 10.1. The van der Waals surface area contributed by atoms with Crippen molar-refractivity contribution < 1.29 is 27.5 Å². The first-order valence-corrected chi connectivity index (χ1v) is 11.7. The predicted octanol–water partition coefficient (Wildman–Crippen LogP) is 3.02. The Morgan fingerprint density at radius 1 is 0.971 bits per heavy atom. The molecule has 0 aromatic heterocycles. The van der Waals surface area contributed by atoms with Gasteiger partial charge in [-0.15, -0.1) is 0 Å². The van der Waals surface area contributed by atoms with Crippen LogP contribution in [0.1, 0.15) is 16.8 Å². The Labute approximate surface area is 196 Å². The summed E-state index contributed by atoms with van der Waals surface area (Å²) in [6.07, 6.45) is -0.426. The van der Waals surface area contributed by atoms with Crippen molar-refractivity contribution >= 4 is 44.9 Å². The van der Waals surface area contributed by atoms with Crippen LogP contribution in [0.5, 0.6) is 0 Å². The molecule has 0 bridgehead atoms. The molecule has 4 rings (SSSR count). The van der Waals surface area contributed by atoms with Crippen molar-refractivity contribution in [3.63, 3.8) is 0 Å². The third kappa shape index (κ3) is 4.48. The number of hydrogen-bond acceptors (Lipinski definition) is 6. The largest absolute Gasteiger partial charge is 0.465 e. The number of nitrogens with one attached hydrogen (secondary N) is 2. The van der Waals surface area contributed by atoms with Crippen LogP contribution in [0.2, 0.25) is 0 Å². The van der Waals surface area contributed by atoms with Gasteiger partial charge in [0, 0.05) is 5.69 Å². The molecule has 3 aromatic carbocycles. The first kappa shape index (κ1) is 23.0. The summed E-state index contributed by atoms with van der Waals surface area (Å²) in [5, 5.41) is 5.32. The second kappa shape index (κ2) is 9.36. The Morgan fingerprint density at radius 2 is 1.62 bits per heavy atom. The van der Waals surface area contributed by atoms with E-state index in [9.17, 15) is 22.8 Å². The number of anilines is 3. The van der Waals surface area contributed by atoms with E-state index in [-0.39, 0.29) is 10.6 Å². The van der Waals surface area contributed by atoms with Crippen LogP contribution in [0.25, 0.3) is 0 Å². The summed E-state index contributed by atoms with van der Waals surface area (Å²) >= 11 is 0. The molecule has 2 amide bonds. The number of benzene rings is 3. The normalized spacial score (nSPS) is 15.1. The summed E-state index contributed by atoms with van der Waals surface area (Å²) in [4.78, 5) is 37.3.